The van der Waals surface area contributed by atoms with E-state index in [1.807, 2.05) is 17.9 Å². The molecular formula is C20H32IN5. The lowest BCUT2D eigenvalue weighted by atomic mass is 10.1. The number of aliphatic imine (C=N–C) groups is 1. The summed E-state index contributed by atoms with van der Waals surface area (Å²) in [6, 6.07) is 11.0. The number of nitrogens with one attached hydrogen (secondary N) is 2. The third kappa shape index (κ3) is 8.69. The summed E-state index contributed by atoms with van der Waals surface area (Å²) in [4.78, 5) is 4.70. The second-order valence-corrected chi connectivity index (χ2v) is 6.46. The fourth-order valence-corrected chi connectivity index (χ4v) is 2.73. The summed E-state index contributed by atoms with van der Waals surface area (Å²) in [5.74, 6) is 0.911. The van der Waals surface area contributed by atoms with Gasteiger partial charge in [-0.25, -0.2) is 0 Å². The van der Waals surface area contributed by atoms with E-state index >= 15 is 0 Å². The molecule has 0 saturated heterocycles. The molecule has 1 aromatic heterocycles. The minimum Gasteiger partial charge on any atom is -0.357 e. The zero-order valence-corrected chi connectivity index (χ0v) is 18.4. The molecule has 1 aromatic carbocycles. The van der Waals surface area contributed by atoms with Crippen LogP contribution in [-0.2, 0) is 19.9 Å². The molecule has 26 heavy (non-hydrogen) atoms. The van der Waals surface area contributed by atoms with Gasteiger partial charge in [-0.3, -0.25) is 9.67 Å². The number of hydrogen-bond donors (Lipinski definition) is 2. The van der Waals surface area contributed by atoms with Gasteiger partial charge in [-0.05, 0) is 50.7 Å². The van der Waals surface area contributed by atoms with Crippen LogP contribution in [0.4, 0.5) is 0 Å². The first-order chi connectivity index (χ1) is 12.2. The number of rotatable bonds is 9. The van der Waals surface area contributed by atoms with E-state index in [4.69, 9.17) is 4.99 Å². The zero-order valence-electron chi connectivity index (χ0n) is 16.1. The van der Waals surface area contributed by atoms with Gasteiger partial charge in [-0.1, -0.05) is 30.3 Å². The van der Waals surface area contributed by atoms with Crippen molar-refractivity contribution in [3.05, 3.63) is 53.9 Å². The number of nitrogens with zero attached hydrogens (tertiary/aromatic N) is 3. The molecule has 1 atom stereocenters. The van der Waals surface area contributed by atoms with Crippen molar-refractivity contribution in [3.63, 3.8) is 0 Å². The molecule has 144 valence electrons. The van der Waals surface area contributed by atoms with E-state index < -0.39 is 0 Å². The van der Waals surface area contributed by atoms with Crippen LogP contribution in [0.2, 0.25) is 0 Å². The topological polar surface area (TPSA) is 54.2 Å². The van der Waals surface area contributed by atoms with E-state index in [9.17, 15) is 0 Å². The SMILES string of the molecule is CCNC(=NCCCc1cnn(C)c1)NC(C)CCc1ccccc1.I. The Kier molecular flexibility index (Phi) is 11.0. The van der Waals surface area contributed by atoms with Crippen LogP contribution < -0.4 is 10.6 Å². The lowest BCUT2D eigenvalue weighted by Crippen LogP contribution is -2.42. The summed E-state index contributed by atoms with van der Waals surface area (Å²) >= 11 is 0. The summed E-state index contributed by atoms with van der Waals surface area (Å²) in [5, 5.41) is 11.1. The highest BCUT2D eigenvalue weighted by molar-refractivity contribution is 14.0. The lowest BCUT2D eigenvalue weighted by molar-refractivity contribution is 0.593. The van der Waals surface area contributed by atoms with Crippen LogP contribution >= 0.6 is 24.0 Å². The van der Waals surface area contributed by atoms with Crippen molar-refractivity contribution in [2.24, 2.45) is 12.0 Å². The Morgan fingerprint density at radius 1 is 1.19 bits per heavy atom. The van der Waals surface area contributed by atoms with Gasteiger partial charge in [-0.15, -0.1) is 24.0 Å². The molecule has 0 spiro atoms. The van der Waals surface area contributed by atoms with Crippen LogP contribution in [-0.4, -0.2) is 34.9 Å². The minimum atomic E-state index is 0. The van der Waals surface area contributed by atoms with Crippen molar-refractivity contribution < 1.29 is 0 Å². The van der Waals surface area contributed by atoms with Crippen molar-refractivity contribution in [1.82, 2.24) is 20.4 Å². The number of aryl methyl sites for hydroxylation is 3. The van der Waals surface area contributed by atoms with Crippen LogP contribution in [0.15, 0.2) is 47.7 Å². The first-order valence-electron chi connectivity index (χ1n) is 9.23. The summed E-state index contributed by atoms with van der Waals surface area (Å²) in [6.45, 7) is 6.00. The van der Waals surface area contributed by atoms with Gasteiger partial charge >= 0.3 is 0 Å². The van der Waals surface area contributed by atoms with Crippen LogP contribution in [0.1, 0.15) is 37.8 Å². The number of hydrogen-bond acceptors (Lipinski definition) is 2. The van der Waals surface area contributed by atoms with E-state index in [0.29, 0.717) is 6.04 Å². The summed E-state index contributed by atoms with van der Waals surface area (Å²) in [7, 11) is 1.95. The maximum atomic E-state index is 4.70. The highest BCUT2D eigenvalue weighted by Gasteiger charge is 2.05. The zero-order chi connectivity index (χ0) is 17.9. The molecule has 2 N–H and O–H groups in total. The van der Waals surface area contributed by atoms with Crippen molar-refractivity contribution in [2.75, 3.05) is 13.1 Å². The predicted octanol–water partition coefficient (Wildman–Crippen LogP) is 3.55. The normalized spacial score (nSPS) is 12.3. The first-order valence-corrected chi connectivity index (χ1v) is 9.23. The Labute approximate surface area is 174 Å². The molecule has 0 amide bonds. The number of guanidine groups is 1. The average Bonchev–Trinajstić information content (AvgIpc) is 3.03. The average molecular weight is 469 g/mol. The van der Waals surface area contributed by atoms with Gasteiger partial charge in [0.1, 0.15) is 0 Å². The van der Waals surface area contributed by atoms with Crippen molar-refractivity contribution >= 4 is 29.9 Å². The van der Waals surface area contributed by atoms with Crippen molar-refractivity contribution in [2.45, 2.75) is 45.6 Å². The quantitative estimate of drug-likeness (QED) is 0.256. The standard InChI is InChI=1S/C20H31N5.HI/c1-4-21-20(22-14-8-11-19-15-23-25(3)16-19)24-17(2)12-13-18-9-6-5-7-10-18;/h5-7,9-10,15-17H,4,8,11-14H2,1-3H3,(H2,21,22,24);1H. The molecule has 6 heteroatoms. The smallest absolute Gasteiger partial charge is 0.191 e. The fraction of sp³-hybridized carbons (Fsp3) is 0.500. The molecule has 0 bridgehead atoms. The summed E-state index contributed by atoms with van der Waals surface area (Å²) in [5.41, 5.74) is 2.65. The highest BCUT2D eigenvalue weighted by atomic mass is 127. The Balaban J connectivity index is 0.00000338. The van der Waals surface area contributed by atoms with Gasteiger partial charge in [0.15, 0.2) is 5.96 Å². The molecule has 2 rings (SSSR count). The lowest BCUT2D eigenvalue weighted by Gasteiger charge is -2.18. The summed E-state index contributed by atoms with van der Waals surface area (Å²) < 4.78 is 1.85. The van der Waals surface area contributed by atoms with Crippen LogP contribution in [0.3, 0.4) is 0 Å². The maximum absolute atomic E-state index is 4.70. The van der Waals surface area contributed by atoms with Crippen LogP contribution in [0.5, 0.6) is 0 Å². The third-order valence-corrected chi connectivity index (χ3v) is 4.09. The molecule has 0 radical (unpaired) electrons. The van der Waals surface area contributed by atoms with Crippen LogP contribution in [0, 0.1) is 0 Å². The van der Waals surface area contributed by atoms with Crippen molar-refractivity contribution in [3.8, 4) is 0 Å². The van der Waals surface area contributed by atoms with E-state index in [2.05, 4.69) is 66.1 Å². The Hall–Kier alpha value is -1.57. The van der Waals surface area contributed by atoms with Gasteiger partial charge in [0, 0.05) is 32.4 Å². The number of aromatic nitrogens is 2. The second kappa shape index (κ2) is 12.7. The Morgan fingerprint density at radius 2 is 1.96 bits per heavy atom. The fourth-order valence-electron chi connectivity index (χ4n) is 2.73. The number of halogens is 1. The molecule has 0 aliphatic heterocycles. The van der Waals surface area contributed by atoms with Gasteiger partial charge in [0.2, 0.25) is 0 Å². The maximum Gasteiger partial charge on any atom is 0.191 e. The van der Waals surface area contributed by atoms with Gasteiger partial charge in [0.25, 0.3) is 0 Å². The molecule has 0 aliphatic rings. The van der Waals surface area contributed by atoms with Gasteiger partial charge < -0.3 is 10.6 Å². The molecule has 5 nitrogen and oxygen atoms in total. The Bertz CT molecular complexity index is 639. The molecule has 0 saturated carbocycles. The molecule has 1 heterocycles. The van der Waals surface area contributed by atoms with E-state index in [0.717, 1.165) is 44.7 Å². The predicted molar refractivity (Wildman–Crippen MR) is 120 cm³/mol. The highest BCUT2D eigenvalue weighted by Crippen LogP contribution is 2.05. The third-order valence-electron chi connectivity index (χ3n) is 4.09. The molecule has 0 fully saturated rings. The van der Waals surface area contributed by atoms with E-state index in [1.54, 1.807) is 0 Å². The van der Waals surface area contributed by atoms with Crippen molar-refractivity contribution in [1.29, 1.82) is 0 Å². The summed E-state index contributed by atoms with van der Waals surface area (Å²) in [6.07, 6.45) is 8.21. The van der Waals surface area contributed by atoms with Gasteiger partial charge in [0.05, 0.1) is 6.20 Å². The first kappa shape index (κ1) is 22.5. The molecule has 0 aliphatic carbocycles. The largest absolute Gasteiger partial charge is 0.357 e. The van der Waals surface area contributed by atoms with E-state index in [-0.39, 0.29) is 24.0 Å². The van der Waals surface area contributed by atoms with E-state index in [1.165, 1.54) is 11.1 Å². The Morgan fingerprint density at radius 3 is 2.62 bits per heavy atom. The molecular weight excluding hydrogens is 437 g/mol. The number of benzene rings is 1. The monoisotopic (exact) mass is 469 g/mol. The van der Waals surface area contributed by atoms with Gasteiger partial charge in [-0.2, -0.15) is 5.10 Å². The van der Waals surface area contributed by atoms with Crippen LogP contribution in [0.25, 0.3) is 0 Å². The molecule has 1 unspecified atom stereocenters. The minimum absolute atomic E-state index is 0. The molecule has 2 aromatic rings. The second-order valence-electron chi connectivity index (χ2n) is 6.46.